The summed E-state index contributed by atoms with van der Waals surface area (Å²) in [4.78, 5) is 28.9. The van der Waals surface area contributed by atoms with Crippen molar-refractivity contribution < 1.29 is 27.9 Å². The summed E-state index contributed by atoms with van der Waals surface area (Å²) in [5.74, 6) is -1.39. The highest BCUT2D eigenvalue weighted by Gasteiger charge is 2.38. The van der Waals surface area contributed by atoms with Crippen molar-refractivity contribution in [3.63, 3.8) is 0 Å². The highest BCUT2D eigenvalue weighted by atomic mass is 79.9. The van der Waals surface area contributed by atoms with E-state index in [0.29, 0.717) is 18.8 Å². The minimum Gasteiger partial charge on any atom is -0.475 e. The minimum absolute atomic E-state index is 0.239. The topological polar surface area (TPSA) is 155 Å². The summed E-state index contributed by atoms with van der Waals surface area (Å²) in [6, 6.07) is 24.4. The van der Waals surface area contributed by atoms with E-state index in [4.69, 9.17) is 25.8 Å². The third kappa shape index (κ3) is 8.98. The molecule has 0 aliphatic rings. The second kappa shape index (κ2) is 15.3. The smallest absolute Gasteiger partial charge is 0.475 e. The molecule has 1 amide bonds. The number of hydrogen-bond acceptors (Lipinski definition) is 5. The minimum atomic E-state index is -5.08. The zero-order valence-electron chi connectivity index (χ0n) is 27.4. The van der Waals surface area contributed by atoms with Gasteiger partial charge in [0.05, 0.1) is 18.1 Å². The number of aromatic nitrogens is 5. The molecule has 0 fully saturated rings. The summed E-state index contributed by atoms with van der Waals surface area (Å²) < 4.78 is 34.9. The van der Waals surface area contributed by atoms with Gasteiger partial charge in [0.1, 0.15) is 5.82 Å². The van der Waals surface area contributed by atoms with Gasteiger partial charge < -0.3 is 30.7 Å². The maximum Gasteiger partial charge on any atom is 0.490 e. The summed E-state index contributed by atoms with van der Waals surface area (Å²) in [6.07, 6.45) is 2.15. The van der Waals surface area contributed by atoms with Crippen molar-refractivity contribution in [2.45, 2.75) is 63.8 Å². The van der Waals surface area contributed by atoms with E-state index in [-0.39, 0.29) is 5.91 Å². The molecular formula is C36H37BrF3N7O3. The molecule has 0 saturated carbocycles. The van der Waals surface area contributed by atoms with E-state index in [2.05, 4.69) is 84.4 Å². The average Bonchev–Trinajstić information content (AvgIpc) is 3.79. The van der Waals surface area contributed by atoms with Crippen LogP contribution in [-0.2, 0) is 35.4 Å². The number of nitrogens with one attached hydrogen (secondary N) is 3. The van der Waals surface area contributed by atoms with Gasteiger partial charge in [0, 0.05) is 51.5 Å². The van der Waals surface area contributed by atoms with Crippen molar-refractivity contribution in [2.24, 2.45) is 5.73 Å². The molecular weight excluding hydrogens is 715 g/mol. The molecule has 3 heterocycles. The monoisotopic (exact) mass is 751 g/mol. The predicted molar refractivity (Wildman–Crippen MR) is 188 cm³/mol. The van der Waals surface area contributed by atoms with Gasteiger partial charge in [-0.3, -0.25) is 4.79 Å². The van der Waals surface area contributed by atoms with Crippen molar-refractivity contribution in [3.8, 4) is 0 Å². The molecule has 50 heavy (non-hydrogen) atoms. The van der Waals surface area contributed by atoms with Crippen molar-refractivity contribution in [3.05, 3.63) is 118 Å². The lowest BCUT2D eigenvalue weighted by molar-refractivity contribution is -0.192. The Bertz CT molecular complexity index is 2080. The van der Waals surface area contributed by atoms with Gasteiger partial charge in [-0.2, -0.15) is 13.2 Å². The summed E-state index contributed by atoms with van der Waals surface area (Å²) in [5.41, 5.74) is 10.9. The summed E-state index contributed by atoms with van der Waals surface area (Å²) >= 11 is 3.55. The predicted octanol–water partition coefficient (Wildman–Crippen LogP) is 7.00. The molecule has 0 saturated heterocycles. The number of nitrogens with zero attached hydrogens (tertiary/aromatic N) is 3. The highest BCUT2D eigenvalue weighted by Crippen LogP contribution is 2.27. The van der Waals surface area contributed by atoms with Gasteiger partial charge in [-0.05, 0) is 67.6 Å². The van der Waals surface area contributed by atoms with Gasteiger partial charge in [-0.25, -0.2) is 4.79 Å². The number of amides is 1. The Morgan fingerprint density at radius 2 is 1.46 bits per heavy atom. The number of para-hydroxylation sites is 2. The highest BCUT2D eigenvalue weighted by molar-refractivity contribution is 9.10. The molecule has 10 nitrogen and oxygen atoms in total. The first-order valence-electron chi connectivity index (χ1n) is 15.9. The standard InChI is InChI=1S/C34H36BrN7O.C2HF3O2/c1-34(2,36)33(43)39-30(18-24-20-38-29-12-6-4-10-27(24)29)32-41-40-31(42(32)21-22-14-16-25(35)17-15-22)13-7-8-23-19-37-28-11-5-3-9-26(23)28;3-2(4,5)1(6)7/h3-6,9-12,14-17,19-20,30,37-38H,7-8,13,18,21,36H2,1-2H3,(H,39,43);(H,6,7)/t30-;/m1./s1. The number of H-pyrrole nitrogens is 2. The number of halogens is 4. The van der Waals surface area contributed by atoms with E-state index >= 15 is 0 Å². The maximum atomic E-state index is 13.3. The Morgan fingerprint density at radius 1 is 0.900 bits per heavy atom. The second-order valence-corrected chi connectivity index (χ2v) is 13.4. The number of carbonyl (C=O) groups is 2. The average molecular weight is 753 g/mol. The van der Waals surface area contributed by atoms with Gasteiger partial charge in [0.2, 0.25) is 5.91 Å². The Balaban J connectivity index is 0.000000630. The number of alkyl halides is 3. The summed E-state index contributed by atoms with van der Waals surface area (Å²) in [6.45, 7) is 4.02. The molecule has 6 aromatic rings. The lowest BCUT2D eigenvalue weighted by atomic mass is 10.0. The third-order valence-electron chi connectivity index (χ3n) is 8.18. The van der Waals surface area contributed by atoms with Crippen LogP contribution in [0.1, 0.15) is 54.6 Å². The van der Waals surface area contributed by atoms with Crippen LogP contribution in [0.15, 0.2) is 89.7 Å². The van der Waals surface area contributed by atoms with Gasteiger partial charge in [0.15, 0.2) is 5.82 Å². The van der Waals surface area contributed by atoms with Crippen LogP contribution >= 0.6 is 15.9 Å². The van der Waals surface area contributed by atoms with Gasteiger partial charge in [-0.15, -0.1) is 10.2 Å². The van der Waals surface area contributed by atoms with Crippen LogP contribution in [0.4, 0.5) is 13.2 Å². The first-order valence-corrected chi connectivity index (χ1v) is 16.7. The molecule has 0 aliphatic carbocycles. The lowest BCUT2D eigenvalue weighted by Gasteiger charge is -2.25. The van der Waals surface area contributed by atoms with Crippen LogP contribution in [-0.4, -0.2) is 53.4 Å². The fourth-order valence-electron chi connectivity index (χ4n) is 5.58. The molecule has 0 unspecified atom stereocenters. The van der Waals surface area contributed by atoms with Crippen LogP contribution in [0, 0.1) is 0 Å². The molecule has 262 valence electrons. The molecule has 0 bridgehead atoms. The zero-order chi connectivity index (χ0) is 36.1. The van der Waals surface area contributed by atoms with Crippen LogP contribution in [0.3, 0.4) is 0 Å². The molecule has 0 spiro atoms. The Labute approximate surface area is 294 Å². The molecule has 14 heteroatoms. The molecule has 6 N–H and O–H groups in total. The van der Waals surface area contributed by atoms with E-state index < -0.39 is 23.7 Å². The third-order valence-corrected chi connectivity index (χ3v) is 8.70. The Kier molecular flexibility index (Phi) is 11.1. The first-order chi connectivity index (χ1) is 23.7. The van der Waals surface area contributed by atoms with E-state index in [0.717, 1.165) is 57.1 Å². The quantitative estimate of drug-likeness (QED) is 0.0961. The molecule has 0 aliphatic heterocycles. The van der Waals surface area contributed by atoms with Crippen LogP contribution < -0.4 is 11.1 Å². The largest absolute Gasteiger partial charge is 0.490 e. The fourth-order valence-corrected chi connectivity index (χ4v) is 5.85. The van der Waals surface area contributed by atoms with E-state index in [1.54, 1.807) is 13.8 Å². The second-order valence-electron chi connectivity index (χ2n) is 12.5. The number of fused-ring (bicyclic) bond motifs is 2. The molecule has 6 rings (SSSR count). The molecule has 3 aromatic heterocycles. The number of rotatable bonds is 11. The first kappa shape index (κ1) is 36.3. The number of aromatic amines is 2. The van der Waals surface area contributed by atoms with Gasteiger partial charge >= 0.3 is 12.1 Å². The van der Waals surface area contributed by atoms with Crippen molar-refractivity contribution in [2.75, 3.05) is 0 Å². The SMILES string of the molecule is CC(C)(N)C(=O)N[C@H](Cc1c[nH]c2ccccc12)c1nnc(CCCc2c[nH]c3ccccc23)n1Cc1ccc(Br)cc1.O=C(O)C(F)(F)F. The number of aliphatic carboxylic acids is 1. The van der Waals surface area contributed by atoms with Crippen LogP contribution in [0.2, 0.25) is 0 Å². The zero-order valence-corrected chi connectivity index (χ0v) is 29.0. The van der Waals surface area contributed by atoms with E-state index in [9.17, 15) is 18.0 Å². The number of benzene rings is 3. The molecule has 0 radical (unpaired) electrons. The number of carboxylic acid groups (broad SMARTS) is 1. The van der Waals surface area contributed by atoms with Crippen molar-refractivity contribution in [1.29, 1.82) is 0 Å². The van der Waals surface area contributed by atoms with Crippen LogP contribution in [0.5, 0.6) is 0 Å². The normalized spacial score (nSPS) is 12.5. The lowest BCUT2D eigenvalue weighted by Crippen LogP contribution is -2.50. The van der Waals surface area contributed by atoms with E-state index in [1.807, 2.05) is 36.5 Å². The number of carboxylic acids is 1. The summed E-state index contributed by atoms with van der Waals surface area (Å²) in [7, 11) is 0. The Hall–Kier alpha value is -4.95. The number of nitrogens with two attached hydrogens (primary N) is 1. The van der Waals surface area contributed by atoms with Crippen molar-refractivity contribution >= 4 is 49.6 Å². The molecule has 1 atom stereocenters. The number of hydrogen-bond donors (Lipinski definition) is 5. The van der Waals surface area contributed by atoms with E-state index in [1.165, 1.54) is 10.9 Å². The maximum absolute atomic E-state index is 13.3. The Morgan fingerprint density at radius 3 is 2.04 bits per heavy atom. The number of carbonyl (C=O) groups excluding carboxylic acids is 1. The summed E-state index contributed by atoms with van der Waals surface area (Å²) in [5, 5.41) is 22.1. The van der Waals surface area contributed by atoms with Crippen molar-refractivity contribution in [1.82, 2.24) is 30.0 Å². The van der Waals surface area contributed by atoms with Gasteiger partial charge in [0.25, 0.3) is 0 Å². The fraction of sp³-hybridized carbons (Fsp3) is 0.278. The van der Waals surface area contributed by atoms with Crippen LogP contribution in [0.25, 0.3) is 21.8 Å². The molecule has 3 aromatic carbocycles. The van der Waals surface area contributed by atoms with Gasteiger partial charge in [-0.1, -0.05) is 64.5 Å². The number of aryl methyl sites for hydroxylation is 2.